The van der Waals surface area contributed by atoms with Crippen LogP contribution in [-0.4, -0.2) is 110 Å². The summed E-state index contributed by atoms with van der Waals surface area (Å²) in [5.74, 6) is -0.0788. The average Bonchev–Trinajstić information content (AvgIpc) is 3.78. The molecule has 0 aliphatic rings. The van der Waals surface area contributed by atoms with Crippen LogP contribution >= 0.6 is 0 Å². The number of carbonyl (C=O) groups excluding carboxylic acids is 2. The van der Waals surface area contributed by atoms with Crippen LogP contribution in [0, 0.1) is 0 Å². The standard InChI is InChI=1S/C47H52N8O12S2/c1-47(2,3)67-46(59)49-27-41(56)50-35-9-7-8-34(26-35)39-22-23-40(68(60,61)25-24-48-45(57)58)43(42(39)44-51-53-55(52-44)30-33-14-20-38(66-6)21-15-33)69(62,63)54(28-31-10-16-36(64-4)17-11-31)29-32-12-18-37(65-5)19-13-32/h7-23,26,48H,24-25,27-30H2,1-6H3,(H,49,59)(H,50,56)(H,57,58). The first-order valence-corrected chi connectivity index (χ1v) is 24.3. The van der Waals surface area contributed by atoms with E-state index in [1.54, 1.807) is 112 Å². The quantitative estimate of drug-likeness (QED) is 0.0686. The fourth-order valence-corrected chi connectivity index (χ4v) is 10.5. The normalized spacial score (nSPS) is 11.7. The van der Waals surface area contributed by atoms with Gasteiger partial charge in [-0.2, -0.15) is 9.10 Å². The Morgan fingerprint density at radius 2 is 1.30 bits per heavy atom. The Hall–Kier alpha value is -7.56. The third kappa shape index (κ3) is 13.5. The fraction of sp³-hybridized carbons (Fsp3) is 0.277. The highest BCUT2D eigenvalue weighted by Gasteiger charge is 2.38. The summed E-state index contributed by atoms with van der Waals surface area (Å²) in [5, 5.41) is 29.7. The highest BCUT2D eigenvalue weighted by molar-refractivity contribution is 7.93. The van der Waals surface area contributed by atoms with E-state index < -0.39 is 72.2 Å². The number of alkyl carbamates (subject to hydrolysis) is 1. The Labute approximate surface area is 399 Å². The van der Waals surface area contributed by atoms with Crippen molar-refractivity contribution < 1.29 is 55.3 Å². The summed E-state index contributed by atoms with van der Waals surface area (Å²) >= 11 is 0. The van der Waals surface area contributed by atoms with Gasteiger partial charge in [-0.3, -0.25) is 4.79 Å². The van der Waals surface area contributed by atoms with Gasteiger partial charge < -0.3 is 40.0 Å². The Balaban J connectivity index is 1.57. The summed E-state index contributed by atoms with van der Waals surface area (Å²) in [7, 11) is -5.14. The SMILES string of the molecule is COc1ccc(CN(Cc2ccc(OC)cc2)S(=O)(=O)c2c(S(=O)(=O)CCNC(=O)O)ccc(-c3cccc(NC(=O)CNC(=O)OC(C)(C)C)c3)c2-c2nnn(Cc3ccc(OC)cc3)n2)cc1. The third-order valence-corrected chi connectivity index (χ3v) is 13.9. The summed E-state index contributed by atoms with van der Waals surface area (Å²) < 4.78 is 83.2. The number of carboxylic acid groups (broad SMARTS) is 1. The summed E-state index contributed by atoms with van der Waals surface area (Å²) in [6.07, 6.45) is -2.29. The van der Waals surface area contributed by atoms with Gasteiger partial charge in [0, 0.05) is 25.3 Å². The van der Waals surface area contributed by atoms with Crippen LogP contribution in [0.4, 0.5) is 15.3 Å². The van der Waals surface area contributed by atoms with Crippen LogP contribution in [0.15, 0.2) is 119 Å². The monoisotopic (exact) mass is 984 g/mol. The van der Waals surface area contributed by atoms with Crippen LogP contribution in [0.1, 0.15) is 37.5 Å². The first-order valence-electron chi connectivity index (χ1n) is 21.2. The second-order valence-electron chi connectivity index (χ2n) is 16.3. The molecule has 0 saturated carbocycles. The van der Waals surface area contributed by atoms with Crippen molar-refractivity contribution in [3.05, 3.63) is 126 Å². The van der Waals surface area contributed by atoms with E-state index in [1.165, 1.54) is 38.3 Å². The molecule has 22 heteroatoms. The van der Waals surface area contributed by atoms with E-state index in [-0.39, 0.29) is 42.3 Å². The van der Waals surface area contributed by atoms with Crippen molar-refractivity contribution in [2.24, 2.45) is 0 Å². The number of tetrazole rings is 1. The van der Waals surface area contributed by atoms with E-state index in [1.807, 2.05) is 5.32 Å². The minimum atomic E-state index is -5.01. The number of nitrogens with one attached hydrogen (secondary N) is 3. The molecule has 0 saturated heterocycles. The molecule has 20 nitrogen and oxygen atoms in total. The highest BCUT2D eigenvalue weighted by atomic mass is 32.2. The Kier molecular flexibility index (Phi) is 16.2. The van der Waals surface area contributed by atoms with Gasteiger partial charge in [0.15, 0.2) is 9.84 Å². The number of hydrogen-bond donors (Lipinski definition) is 4. The number of ether oxygens (including phenoxy) is 4. The smallest absolute Gasteiger partial charge is 0.408 e. The van der Waals surface area contributed by atoms with Gasteiger partial charge in [-0.1, -0.05) is 54.6 Å². The maximum atomic E-state index is 15.9. The third-order valence-electron chi connectivity index (χ3n) is 10.1. The number of rotatable bonds is 20. The van der Waals surface area contributed by atoms with Crippen LogP contribution in [0.2, 0.25) is 0 Å². The number of sulfone groups is 1. The summed E-state index contributed by atoms with van der Waals surface area (Å²) in [6.45, 7) is 3.55. The number of hydrogen-bond acceptors (Lipinski definition) is 14. The van der Waals surface area contributed by atoms with E-state index in [9.17, 15) is 27.9 Å². The van der Waals surface area contributed by atoms with Gasteiger partial charge in [0.1, 0.15) is 34.3 Å². The molecule has 6 rings (SSSR count). The average molecular weight is 985 g/mol. The van der Waals surface area contributed by atoms with E-state index in [0.717, 1.165) is 15.9 Å². The topological polar surface area (TPSA) is 260 Å². The molecular weight excluding hydrogens is 933 g/mol. The molecule has 0 aliphatic heterocycles. The molecule has 6 aromatic rings. The van der Waals surface area contributed by atoms with Crippen molar-refractivity contribution in [1.82, 2.24) is 35.1 Å². The number of methoxy groups -OCH3 is 3. The van der Waals surface area contributed by atoms with Crippen molar-refractivity contribution in [2.45, 2.75) is 55.8 Å². The molecular formula is C47H52N8O12S2. The number of nitrogens with zero attached hydrogens (tertiary/aromatic N) is 5. The Morgan fingerprint density at radius 1 is 0.739 bits per heavy atom. The zero-order chi connectivity index (χ0) is 49.9. The lowest BCUT2D eigenvalue weighted by molar-refractivity contribution is -0.115. The summed E-state index contributed by atoms with van der Waals surface area (Å²) in [4.78, 5) is 36.7. The predicted octanol–water partition coefficient (Wildman–Crippen LogP) is 5.98. The van der Waals surface area contributed by atoms with Gasteiger partial charge >= 0.3 is 12.2 Å². The molecule has 0 bridgehead atoms. The number of anilines is 1. The molecule has 0 atom stereocenters. The first kappa shape index (κ1) is 50.8. The largest absolute Gasteiger partial charge is 0.497 e. The number of benzene rings is 5. The lowest BCUT2D eigenvalue weighted by Crippen LogP contribution is -2.37. The molecule has 0 spiro atoms. The van der Waals surface area contributed by atoms with Crippen LogP contribution in [-0.2, 0) is 49.0 Å². The number of aromatic nitrogens is 4. The van der Waals surface area contributed by atoms with Crippen molar-refractivity contribution in [1.29, 1.82) is 0 Å². The van der Waals surface area contributed by atoms with Crippen molar-refractivity contribution in [3.63, 3.8) is 0 Å². The molecule has 364 valence electrons. The molecule has 0 radical (unpaired) electrons. The second-order valence-corrected chi connectivity index (χ2v) is 20.3. The molecule has 5 aromatic carbocycles. The molecule has 0 fully saturated rings. The molecule has 0 unspecified atom stereocenters. The van der Waals surface area contributed by atoms with Crippen LogP contribution < -0.4 is 30.2 Å². The van der Waals surface area contributed by atoms with E-state index >= 15 is 8.42 Å². The maximum Gasteiger partial charge on any atom is 0.408 e. The van der Waals surface area contributed by atoms with Crippen molar-refractivity contribution >= 4 is 43.6 Å². The minimum Gasteiger partial charge on any atom is -0.497 e. The van der Waals surface area contributed by atoms with E-state index in [2.05, 4.69) is 26.0 Å². The zero-order valence-corrected chi connectivity index (χ0v) is 40.3. The predicted molar refractivity (Wildman–Crippen MR) is 254 cm³/mol. The van der Waals surface area contributed by atoms with Crippen molar-refractivity contribution in [3.8, 4) is 39.8 Å². The van der Waals surface area contributed by atoms with Gasteiger partial charge in [-0.15, -0.1) is 10.2 Å². The van der Waals surface area contributed by atoms with Gasteiger partial charge in [0.05, 0.1) is 44.1 Å². The first-order chi connectivity index (χ1) is 32.8. The van der Waals surface area contributed by atoms with Gasteiger partial charge in [0.2, 0.25) is 21.8 Å². The van der Waals surface area contributed by atoms with Crippen LogP contribution in [0.5, 0.6) is 17.2 Å². The molecule has 1 heterocycles. The Morgan fingerprint density at radius 3 is 1.84 bits per heavy atom. The fourth-order valence-electron chi connectivity index (χ4n) is 6.89. The lowest BCUT2D eigenvalue weighted by Gasteiger charge is -2.26. The molecule has 1 aromatic heterocycles. The molecule has 3 amide bonds. The van der Waals surface area contributed by atoms with Gasteiger partial charge in [-0.05, 0) is 108 Å². The number of amides is 3. The maximum absolute atomic E-state index is 15.9. The van der Waals surface area contributed by atoms with Gasteiger partial charge in [0.25, 0.3) is 0 Å². The van der Waals surface area contributed by atoms with E-state index in [4.69, 9.17) is 18.9 Å². The number of sulfonamides is 1. The summed E-state index contributed by atoms with van der Waals surface area (Å²) in [5.41, 5.74) is 1.35. The summed E-state index contributed by atoms with van der Waals surface area (Å²) in [6, 6.07) is 29.2. The highest BCUT2D eigenvalue weighted by Crippen LogP contribution is 2.42. The Bertz CT molecular complexity index is 2950. The van der Waals surface area contributed by atoms with E-state index in [0.29, 0.717) is 33.9 Å². The van der Waals surface area contributed by atoms with Crippen molar-refractivity contribution in [2.75, 3.05) is 45.5 Å². The minimum absolute atomic E-state index is 0.0627. The van der Waals surface area contributed by atoms with Crippen LogP contribution in [0.25, 0.3) is 22.5 Å². The second kappa shape index (κ2) is 22.0. The van der Waals surface area contributed by atoms with Crippen LogP contribution in [0.3, 0.4) is 0 Å². The lowest BCUT2D eigenvalue weighted by atomic mass is 9.98. The molecule has 0 aliphatic carbocycles. The van der Waals surface area contributed by atoms with Gasteiger partial charge in [-0.25, -0.2) is 26.4 Å². The zero-order valence-electron chi connectivity index (χ0n) is 38.6. The number of carbonyl (C=O) groups is 3. The molecule has 4 N–H and O–H groups in total. The molecule has 69 heavy (non-hydrogen) atoms.